The number of carbonyl (C=O) groups is 1. The van der Waals surface area contributed by atoms with E-state index in [4.69, 9.17) is 39.5 Å². The van der Waals surface area contributed by atoms with E-state index in [1.807, 2.05) is 0 Å². The fourth-order valence-electron chi connectivity index (χ4n) is 3.23. The van der Waals surface area contributed by atoms with Gasteiger partial charge in [0.25, 0.3) is 0 Å². The summed E-state index contributed by atoms with van der Waals surface area (Å²) in [6, 6.07) is 4.41. The van der Waals surface area contributed by atoms with Crippen LogP contribution in [-0.4, -0.2) is 41.6 Å². The summed E-state index contributed by atoms with van der Waals surface area (Å²) in [6.45, 7) is 1.72. The van der Waals surface area contributed by atoms with Crippen LogP contribution in [-0.2, 0) is 19.4 Å². The van der Waals surface area contributed by atoms with Gasteiger partial charge in [0, 0.05) is 10.6 Å². The van der Waals surface area contributed by atoms with Crippen LogP contribution in [0.2, 0.25) is 15.2 Å². The number of cyclic esters (lactones) is 1. The van der Waals surface area contributed by atoms with Crippen molar-refractivity contribution in [3.8, 4) is 0 Å². The number of hydrogen-bond acceptors (Lipinski definition) is 6. The zero-order valence-electron chi connectivity index (χ0n) is 15.0. The molecule has 29 heavy (non-hydrogen) atoms. The van der Waals surface area contributed by atoms with E-state index in [0.29, 0.717) is 33.3 Å². The number of benzene rings is 1. The number of esters is 1. The molecule has 0 aliphatic carbocycles. The number of hydrogen-bond donors (Lipinski definition) is 0. The molecule has 1 aromatic heterocycles. The lowest BCUT2D eigenvalue weighted by atomic mass is 10.2. The van der Waals surface area contributed by atoms with Crippen LogP contribution in [0.5, 0.6) is 0 Å². The Hall–Kier alpha value is -1.87. The van der Waals surface area contributed by atoms with E-state index in [0.717, 1.165) is 0 Å². The average molecular weight is 475 g/mol. The third-order valence-electron chi connectivity index (χ3n) is 4.69. The maximum atomic E-state index is 12.3. The smallest absolute Gasteiger partial charge is 0.363 e. The number of carbonyl (C=O) groups excluding carboxylic acids is 1. The van der Waals surface area contributed by atoms with Crippen LogP contribution in [0, 0.1) is 6.92 Å². The molecule has 1 fully saturated rings. The largest absolute Gasteiger partial charge is 0.402 e. The molecule has 0 unspecified atom stereocenters. The summed E-state index contributed by atoms with van der Waals surface area (Å²) in [5.41, 5.74) is 1.50. The topological polar surface area (TPSA) is 90.6 Å². The van der Waals surface area contributed by atoms with Gasteiger partial charge in [-0.15, -0.1) is 0 Å². The third-order valence-corrected chi connectivity index (χ3v) is 7.36. The Morgan fingerprint density at radius 2 is 2.03 bits per heavy atom. The van der Waals surface area contributed by atoms with Crippen molar-refractivity contribution in [1.29, 1.82) is 0 Å². The summed E-state index contributed by atoms with van der Waals surface area (Å²) in [5, 5.41) is 5.36. The zero-order chi connectivity index (χ0) is 20.9. The molecule has 1 saturated heterocycles. The molecule has 0 N–H and O–H groups in total. The highest BCUT2D eigenvalue weighted by molar-refractivity contribution is 7.91. The summed E-state index contributed by atoms with van der Waals surface area (Å²) < 4.78 is 30.3. The van der Waals surface area contributed by atoms with Gasteiger partial charge in [0.15, 0.2) is 15.5 Å². The van der Waals surface area contributed by atoms with Gasteiger partial charge in [-0.05, 0) is 37.6 Å². The summed E-state index contributed by atoms with van der Waals surface area (Å²) in [7, 11) is -3.09. The van der Waals surface area contributed by atoms with E-state index in [1.165, 1.54) is 16.8 Å². The molecule has 1 atom stereocenters. The highest BCUT2D eigenvalue weighted by Gasteiger charge is 2.32. The minimum atomic E-state index is -3.09. The van der Waals surface area contributed by atoms with Crippen molar-refractivity contribution < 1.29 is 17.9 Å². The van der Waals surface area contributed by atoms with Gasteiger partial charge in [-0.1, -0.05) is 34.8 Å². The van der Waals surface area contributed by atoms with Crippen molar-refractivity contribution in [2.24, 2.45) is 4.99 Å². The van der Waals surface area contributed by atoms with E-state index >= 15 is 0 Å². The molecular weight excluding hydrogens is 461 g/mol. The van der Waals surface area contributed by atoms with Crippen molar-refractivity contribution in [3.63, 3.8) is 0 Å². The number of halogens is 3. The van der Waals surface area contributed by atoms with Crippen LogP contribution >= 0.6 is 34.8 Å². The predicted octanol–water partition coefficient (Wildman–Crippen LogP) is 3.86. The lowest BCUT2D eigenvalue weighted by molar-refractivity contribution is -0.129. The van der Waals surface area contributed by atoms with Crippen LogP contribution in [0.3, 0.4) is 0 Å². The SMILES string of the molecule is Cc1nn([C@H]2CCS(=O)(=O)C2)c(Cl)c1/C=C1\N=C(c2ccc(Cl)cc2Cl)OC1=O. The molecule has 0 amide bonds. The number of sulfone groups is 1. The van der Waals surface area contributed by atoms with Crippen LogP contribution in [0.15, 0.2) is 28.9 Å². The summed E-state index contributed by atoms with van der Waals surface area (Å²) in [4.78, 5) is 16.5. The number of nitrogens with zero attached hydrogens (tertiary/aromatic N) is 3. The fraction of sp³-hybridized carbons (Fsp3) is 0.278. The van der Waals surface area contributed by atoms with Crippen LogP contribution < -0.4 is 0 Å². The molecule has 2 aromatic rings. The average Bonchev–Trinajstić information content (AvgIpc) is 3.26. The standard InChI is InChI=1S/C18H14Cl3N3O4S/c1-9-13(16(21)24(23-9)11-4-5-29(26,27)8-11)7-15-18(25)28-17(22-15)12-3-2-10(19)6-14(12)20/h2-3,6-7,11H,4-5,8H2,1H3/b15-7-/t11-/m0/s1. The first-order valence-corrected chi connectivity index (χ1v) is 11.5. The zero-order valence-corrected chi connectivity index (χ0v) is 18.1. The highest BCUT2D eigenvalue weighted by atomic mass is 35.5. The lowest BCUT2D eigenvalue weighted by Gasteiger charge is -2.09. The van der Waals surface area contributed by atoms with Crippen molar-refractivity contribution in [1.82, 2.24) is 9.78 Å². The molecule has 1 aromatic carbocycles. The number of aliphatic imine (C=N–C) groups is 1. The Morgan fingerprint density at radius 3 is 2.69 bits per heavy atom. The minimum Gasteiger partial charge on any atom is -0.402 e. The third kappa shape index (κ3) is 3.94. The Balaban J connectivity index is 1.69. The second-order valence-electron chi connectivity index (χ2n) is 6.75. The van der Waals surface area contributed by atoms with Crippen molar-refractivity contribution in [2.45, 2.75) is 19.4 Å². The Bertz CT molecular complexity index is 1200. The van der Waals surface area contributed by atoms with E-state index in [2.05, 4.69) is 10.1 Å². The van der Waals surface area contributed by atoms with Gasteiger partial charge in [-0.3, -0.25) is 0 Å². The monoisotopic (exact) mass is 473 g/mol. The first-order chi connectivity index (χ1) is 13.6. The molecule has 0 radical (unpaired) electrons. The maximum absolute atomic E-state index is 12.3. The Kier molecular flexibility index (Phi) is 5.23. The second-order valence-corrected chi connectivity index (χ2v) is 10.2. The summed E-state index contributed by atoms with van der Waals surface area (Å²) in [5.74, 6) is -0.502. The van der Waals surface area contributed by atoms with Crippen molar-refractivity contribution >= 4 is 62.6 Å². The Labute approximate surface area is 181 Å². The molecule has 0 saturated carbocycles. The number of aromatic nitrogens is 2. The molecule has 4 rings (SSSR count). The molecule has 11 heteroatoms. The van der Waals surface area contributed by atoms with Gasteiger partial charge in [0.05, 0.1) is 33.8 Å². The molecule has 3 heterocycles. The number of ether oxygens (including phenoxy) is 1. The first-order valence-electron chi connectivity index (χ1n) is 8.57. The fourth-order valence-corrected chi connectivity index (χ4v) is 5.78. The predicted molar refractivity (Wildman–Crippen MR) is 111 cm³/mol. The van der Waals surface area contributed by atoms with Gasteiger partial charge < -0.3 is 4.74 Å². The van der Waals surface area contributed by atoms with Gasteiger partial charge in [0.2, 0.25) is 5.90 Å². The van der Waals surface area contributed by atoms with Crippen molar-refractivity contribution in [3.05, 3.63) is 55.9 Å². The van der Waals surface area contributed by atoms with E-state index in [-0.39, 0.29) is 34.3 Å². The van der Waals surface area contributed by atoms with Gasteiger partial charge in [-0.25, -0.2) is 22.9 Å². The van der Waals surface area contributed by atoms with E-state index < -0.39 is 15.8 Å². The van der Waals surface area contributed by atoms with Crippen molar-refractivity contribution in [2.75, 3.05) is 11.5 Å². The number of aryl methyl sites for hydroxylation is 1. The quantitative estimate of drug-likeness (QED) is 0.498. The molecule has 7 nitrogen and oxygen atoms in total. The maximum Gasteiger partial charge on any atom is 0.363 e. The Morgan fingerprint density at radius 1 is 1.28 bits per heavy atom. The first kappa shape index (κ1) is 20.4. The molecular formula is C18H14Cl3N3O4S. The summed E-state index contributed by atoms with van der Waals surface area (Å²) >= 11 is 18.5. The lowest BCUT2D eigenvalue weighted by Crippen LogP contribution is -2.12. The second kappa shape index (κ2) is 7.43. The number of rotatable bonds is 3. The highest BCUT2D eigenvalue weighted by Crippen LogP contribution is 2.32. The molecule has 2 aliphatic heterocycles. The molecule has 0 bridgehead atoms. The molecule has 152 valence electrons. The van der Waals surface area contributed by atoms with Crippen LogP contribution in [0.1, 0.15) is 29.3 Å². The normalized spacial score (nSPS) is 22.2. The van der Waals surface area contributed by atoms with Crippen LogP contribution in [0.4, 0.5) is 0 Å². The summed E-state index contributed by atoms with van der Waals surface area (Å²) in [6.07, 6.45) is 1.92. The van der Waals surface area contributed by atoms with Crippen LogP contribution in [0.25, 0.3) is 6.08 Å². The molecule has 2 aliphatic rings. The van der Waals surface area contributed by atoms with E-state index in [9.17, 15) is 13.2 Å². The molecule has 0 spiro atoms. The minimum absolute atomic E-state index is 0.0107. The van der Waals surface area contributed by atoms with Gasteiger partial charge >= 0.3 is 5.97 Å². The van der Waals surface area contributed by atoms with E-state index in [1.54, 1.807) is 19.1 Å². The van der Waals surface area contributed by atoms with Gasteiger partial charge in [-0.2, -0.15) is 5.10 Å². The van der Waals surface area contributed by atoms with Gasteiger partial charge in [0.1, 0.15) is 5.15 Å².